The topological polar surface area (TPSA) is 83.5 Å². The number of aliphatic carboxylic acids is 1. The van der Waals surface area contributed by atoms with Crippen molar-refractivity contribution in [3.8, 4) is 0 Å². The summed E-state index contributed by atoms with van der Waals surface area (Å²) in [5.41, 5.74) is 5.35. The molecule has 4 N–H and O–H groups in total. The molecule has 0 aliphatic rings. The molecule has 0 aromatic rings. The van der Waals surface area contributed by atoms with Crippen LogP contribution in [0.15, 0.2) is 0 Å². The monoisotopic (exact) mass is 147 g/mol. The minimum atomic E-state index is -1.02. The number of hydrogen-bond donors (Lipinski definition) is 3. The molecule has 0 saturated heterocycles. The number of carbonyl (C=O) groups is 1. The van der Waals surface area contributed by atoms with Gasteiger partial charge in [0.05, 0.1) is 12.5 Å². The van der Waals surface area contributed by atoms with Crippen LogP contribution in [0, 0.1) is 0 Å². The van der Waals surface area contributed by atoms with Crippen LogP contribution in [0.2, 0.25) is 0 Å². The van der Waals surface area contributed by atoms with Gasteiger partial charge in [0.1, 0.15) is 0 Å². The molecule has 4 nitrogen and oxygen atoms in total. The molecule has 2 atom stereocenters. The van der Waals surface area contributed by atoms with Gasteiger partial charge in [-0.15, -0.1) is 0 Å². The van der Waals surface area contributed by atoms with Crippen molar-refractivity contribution in [2.45, 2.75) is 31.9 Å². The molecular formula is C6H13NO3. The molecule has 0 fully saturated rings. The zero-order chi connectivity index (χ0) is 8.15. The van der Waals surface area contributed by atoms with Crippen LogP contribution in [0.25, 0.3) is 0 Å². The Bertz CT molecular complexity index is 116. The van der Waals surface area contributed by atoms with E-state index in [1.807, 2.05) is 0 Å². The number of carboxylic acids is 1. The molecule has 0 amide bonds. The average molecular weight is 147 g/mol. The molecule has 10 heavy (non-hydrogen) atoms. The first-order valence-corrected chi connectivity index (χ1v) is 3.23. The Hall–Kier alpha value is -0.610. The van der Waals surface area contributed by atoms with Crippen molar-refractivity contribution in [2.24, 2.45) is 5.73 Å². The van der Waals surface area contributed by atoms with Gasteiger partial charge in [-0.1, -0.05) is 6.92 Å². The van der Waals surface area contributed by atoms with Gasteiger partial charge in [-0.05, 0) is 6.42 Å². The van der Waals surface area contributed by atoms with Crippen LogP contribution in [0.1, 0.15) is 19.8 Å². The summed E-state index contributed by atoms with van der Waals surface area (Å²) < 4.78 is 0. The Kier molecular flexibility index (Phi) is 3.99. The molecule has 0 heterocycles. The predicted molar refractivity (Wildman–Crippen MR) is 36.5 cm³/mol. The Morgan fingerprint density at radius 1 is 1.70 bits per heavy atom. The molecule has 0 aliphatic carbocycles. The average Bonchev–Trinajstić information content (AvgIpc) is 1.85. The zero-order valence-corrected chi connectivity index (χ0v) is 5.95. The number of nitrogens with two attached hydrogens (primary N) is 1. The SMILES string of the molecule is CC[C@@H](N)C(O)CC(=O)O. The van der Waals surface area contributed by atoms with E-state index in [1.54, 1.807) is 6.92 Å². The molecule has 4 heteroatoms. The molecule has 0 bridgehead atoms. The maximum atomic E-state index is 10.0. The molecule has 0 saturated carbocycles. The van der Waals surface area contributed by atoms with E-state index in [2.05, 4.69) is 0 Å². The van der Waals surface area contributed by atoms with Crippen LogP contribution < -0.4 is 5.73 Å². The minimum absolute atomic E-state index is 0.269. The molecule has 0 rings (SSSR count). The molecule has 0 aliphatic heterocycles. The summed E-state index contributed by atoms with van der Waals surface area (Å²) in [5.74, 6) is -1.02. The molecule has 0 radical (unpaired) electrons. The van der Waals surface area contributed by atoms with Gasteiger partial charge >= 0.3 is 5.97 Å². The first-order chi connectivity index (χ1) is 4.57. The van der Waals surface area contributed by atoms with Crippen LogP contribution in [-0.2, 0) is 4.79 Å². The third-order valence-corrected chi connectivity index (χ3v) is 1.35. The third kappa shape index (κ3) is 3.42. The van der Waals surface area contributed by atoms with E-state index < -0.39 is 18.1 Å². The lowest BCUT2D eigenvalue weighted by atomic mass is 10.1. The first kappa shape index (κ1) is 9.39. The summed E-state index contributed by atoms with van der Waals surface area (Å²) in [7, 11) is 0. The largest absolute Gasteiger partial charge is 0.481 e. The number of rotatable bonds is 4. The van der Waals surface area contributed by atoms with Gasteiger partial charge in [0, 0.05) is 6.04 Å². The molecule has 0 aromatic heterocycles. The lowest BCUT2D eigenvalue weighted by Gasteiger charge is -2.13. The van der Waals surface area contributed by atoms with E-state index in [4.69, 9.17) is 15.9 Å². The van der Waals surface area contributed by atoms with E-state index in [-0.39, 0.29) is 6.42 Å². The predicted octanol–water partition coefficient (Wildman–Crippen LogP) is -0.441. The van der Waals surface area contributed by atoms with Crippen LogP contribution >= 0.6 is 0 Å². The summed E-state index contributed by atoms with van der Waals surface area (Å²) in [4.78, 5) is 10.0. The van der Waals surface area contributed by atoms with Crippen LogP contribution in [-0.4, -0.2) is 28.3 Å². The number of carboxylic acid groups (broad SMARTS) is 1. The van der Waals surface area contributed by atoms with Gasteiger partial charge in [-0.2, -0.15) is 0 Å². The second-order valence-corrected chi connectivity index (χ2v) is 2.24. The maximum Gasteiger partial charge on any atom is 0.306 e. The molecule has 0 aromatic carbocycles. The normalized spacial score (nSPS) is 16.3. The summed E-state index contributed by atoms with van der Waals surface area (Å²) in [5, 5.41) is 17.2. The van der Waals surface area contributed by atoms with Crippen LogP contribution in [0.3, 0.4) is 0 Å². The molecular weight excluding hydrogens is 134 g/mol. The molecule has 0 spiro atoms. The highest BCUT2D eigenvalue weighted by molar-refractivity contribution is 5.67. The summed E-state index contributed by atoms with van der Waals surface area (Å²) in [6, 6.07) is -0.420. The third-order valence-electron chi connectivity index (χ3n) is 1.35. The molecule has 60 valence electrons. The Balaban J connectivity index is 3.61. The number of hydrogen-bond acceptors (Lipinski definition) is 3. The first-order valence-electron chi connectivity index (χ1n) is 3.23. The van der Waals surface area contributed by atoms with Gasteiger partial charge in [-0.25, -0.2) is 0 Å². The Morgan fingerprint density at radius 3 is 2.50 bits per heavy atom. The smallest absolute Gasteiger partial charge is 0.306 e. The van der Waals surface area contributed by atoms with Crippen molar-refractivity contribution in [1.82, 2.24) is 0 Å². The van der Waals surface area contributed by atoms with Crippen LogP contribution in [0.4, 0.5) is 0 Å². The van der Waals surface area contributed by atoms with E-state index in [0.717, 1.165) is 0 Å². The second-order valence-electron chi connectivity index (χ2n) is 2.24. The Labute approximate surface area is 59.7 Å². The van der Waals surface area contributed by atoms with Crippen molar-refractivity contribution in [1.29, 1.82) is 0 Å². The highest BCUT2D eigenvalue weighted by Gasteiger charge is 2.15. The van der Waals surface area contributed by atoms with E-state index >= 15 is 0 Å². The van der Waals surface area contributed by atoms with Gasteiger partial charge in [0.15, 0.2) is 0 Å². The highest BCUT2D eigenvalue weighted by Crippen LogP contribution is 1.99. The maximum absolute atomic E-state index is 10.0. The Morgan fingerprint density at radius 2 is 2.20 bits per heavy atom. The fourth-order valence-corrected chi connectivity index (χ4v) is 0.602. The second kappa shape index (κ2) is 4.24. The zero-order valence-electron chi connectivity index (χ0n) is 5.95. The van der Waals surface area contributed by atoms with Crippen molar-refractivity contribution in [3.05, 3.63) is 0 Å². The number of aliphatic hydroxyl groups is 1. The standard InChI is InChI=1S/C6H13NO3/c1-2-4(7)5(8)3-6(9)10/h4-5,8H,2-3,7H2,1H3,(H,9,10)/t4-,5?/m1/s1. The summed E-state index contributed by atoms with van der Waals surface area (Å²) in [6.07, 6.45) is -0.591. The summed E-state index contributed by atoms with van der Waals surface area (Å²) in [6.45, 7) is 1.80. The fourth-order valence-electron chi connectivity index (χ4n) is 0.602. The van der Waals surface area contributed by atoms with E-state index in [9.17, 15) is 4.79 Å². The lowest BCUT2D eigenvalue weighted by molar-refractivity contribution is -0.139. The lowest BCUT2D eigenvalue weighted by Crippen LogP contribution is -2.35. The minimum Gasteiger partial charge on any atom is -0.481 e. The van der Waals surface area contributed by atoms with Gasteiger partial charge in [-0.3, -0.25) is 4.79 Å². The van der Waals surface area contributed by atoms with Crippen molar-refractivity contribution < 1.29 is 15.0 Å². The quantitative estimate of drug-likeness (QED) is 0.503. The summed E-state index contributed by atoms with van der Waals surface area (Å²) >= 11 is 0. The van der Waals surface area contributed by atoms with Crippen molar-refractivity contribution in [2.75, 3.05) is 0 Å². The van der Waals surface area contributed by atoms with Crippen molar-refractivity contribution >= 4 is 5.97 Å². The van der Waals surface area contributed by atoms with Gasteiger partial charge in [0.25, 0.3) is 0 Å². The van der Waals surface area contributed by atoms with Crippen LogP contribution in [0.5, 0.6) is 0 Å². The molecule has 1 unspecified atom stereocenters. The van der Waals surface area contributed by atoms with Gasteiger partial charge < -0.3 is 15.9 Å². The highest BCUT2D eigenvalue weighted by atomic mass is 16.4. The van der Waals surface area contributed by atoms with E-state index in [0.29, 0.717) is 6.42 Å². The van der Waals surface area contributed by atoms with Gasteiger partial charge in [0.2, 0.25) is 0 Å². The fraction of sp³-hybridized carbons (Fsp3) is 0.833. The number of aliphatic hydroxyl groups excluding tert-OH is 1. The van der Waals surface area contributed by atoms with E-state index in [1.165, 1.54) is 0 Å². The van der Waals surface area contributed by atoms with Crippen molar-refractivity contribution in [3.63, 3.8) is 0 Å².